The van der Waals surface area contributed by atoms with E-state index in [1.54, 1.807) is 20.8 Å². The van der Waals surface area contributed by atoms with Crippen molar-refractivity contribution >= 4 is 17.7 Å². The molecule has 116 valence electrons. The molecule has 0 unspecified atom stereocenters. The van der Waals surface area contributed by atoms with E-state index >= 15 is 0 Å². The molecule has 0 saturated carbocycles. The first-order valence-electron chi connectivity index (χ1n) is 5.93. The van der Waals surface area contributed by atoms with Gasteiger partial charge in [-0.25, -0.2) is 9.59 Å². The fraction of sp³-hybridized carbons (Fsp3) is 0.385. The first kappa shape index (κ1) is 16.8. The molecule has 0 fully saturated rings. The van der Waals surface area contributed by atoms with Gasteiger partial charge in [-0.15, -0.1) is 0 Å². The highest BCUT2D eigenvalue weighted by molar-refractivity contribution is 5.93. The number of alkyl halides is 3. The maximum atomic E-state index is 12.7. The smallest absolute Gasteiger partial charge is 0.416 e. The van der Waals surface area contributed by atoms with Gasteiger partial charge in [0.05, 0.1) is 11.1 Å². The van der Waals surface area contributed by atoms with E-state index in [-0.39, 0.29) is 5.69 Å². The zero-order valence-corrected chi connectivity index (χ0v) is 11.6. The van der Waals surface area contributed by atoms with Crippen molar-refractivity contribution < 1.29 is 27.9 Å². The van der Waals surface area contributed by atoms with Crippen molar-refractivity contribution in [3.05, 3.63) is 29.3 Å². The van der Waals surface area contributed by atoms with Crippen LogP contribution in [0.3, 0.4) is 0 Å². The molecule has 0 atom stereocenters. The average molecular weight is 304 g/mol. The van der Waals surface area contributed by atoms with Crippen LogP contribution in [0, 0.1) is 0 Å². The fourth-order valence-electron chi connectivity index (χ4n) is 1.49. The van der Waals surface area contributed by atoms with Gasteiger partial charge in [0.25, 0.3) is 0 Å². The minimum Gasteiger partial charge on any atom is -0.478 e. The Labute approximate surface area is 119 Å². The number of carbonyl (C=O) groups excluding carboxylic acids is 1. The molecule has 0 aliphatic heterocycles. The number of urea groups is 1. The Kier molecular flexibility index (Phi) is 4.50. The molecule has 5 nitrogen and oxygen atoms in total. The number of benzene rings is 1. The van der Waals surface area contributed by atoms with Crippen molar-refractivity contribution in [1.29, 1.82) is 0 Å². The topological polar surface area (TPSA) is 78.4 Å². The minimum absolute atomic E-state index is 0.246. The van der Waals surface area contributed by atoms with Crippen LogP contribution in [0.2, 0.25) is 0 Å². The van der Waals surface area contributed by atoms with E-state index in [4.69, 9.17) is 5.11 Å². The van der Waals surface area contributed by atoms with Crippen molar-refractivity contribution in [2.45, 2.75) is 32.5 Å². The van der Waals surface area contributed by atoms with Gasteiger partial charge in [-0.2, -0.15) is 13.2 Å². The molecule has 3 N–H and O–H groups in total. The third-order valence-electron chi connectivity index (χ3n) is 2.25. The number of carbonyl (C=O) groups is 2. The van der Waals surface area contributed by atoms with E-state index in [9.17, 15) is 22.8 Å². The number of halogens is 3. The number of hydrogen-bond acceptors (Lipinski definition) is 2. The summed E-state index contributed by atoms with van der Waals surface area (Å²) < 4.78 is 38.1. The molecule has 0 aromatic heterocycles. The predicted molar refractivity (Wildman–Crippen MR) is 70.3 cm³/mol. The number of carboxylic acids is 1. The number of rotatable bonds is 2. The lowest BCUT2D eigenvalue weighted by Crippen LogP contribution is -2.43. The molecule has 0 saturated heterocycles. The third kappa shape index (κ3) is 5.33. The molecule has 1 aromatic carbocycles. The summed E-state index contributed by atoms with van der Waals surface area (Å²) in [5, 5.41) is 13.5. The Morgan fingerprint density at radius 2 is 1.67 bits per heavy atom. The SMILES string of the molecule is CC(C)(C)NC(=O)Nc1cc(C(=O)O)cc(C(F)(F)F)c1. The quantitative estimate of drug-likeness (QED) is 0.784. The summed E-state index contributed by atoms with van der Waals surface area (Å²) in [5.41, 5.74) is -2.53. The largest absolute Gasteiger partial charge is 0.478 e. The highest BCUT2D eigenvalue weighted by Gasteiger charge is 2.32. The van der Waals surface area contributed by atoms with Crippen LogP contribution in [0.5, 0.6) is 0 Å². The maximum Gasteiger partial charge on any atom is 0.416 e. The molecular weight excluding hydrogens is 289 g/mol. The van der Waals surface area contributed by atoms with Crippen LogP contribution in [0.15, 0.2) is 18.2 Å². The summed E-state index contributed by atoms with van der Waals surface area (Å²) in [6, 6.07) is 1.42. The van der Waals surface area contributed by atoms with E-state index in [0.29, 0.717) is 12.1 Å². The maximum absolute atomic E-state index is 12.7. The van der Waals surface area contributed by atoms with Gasteiger partial charge < -0.3 is 15.7 Å². The highest BCUT2D eigenvalue weighted by Crippen LogP contribution is 2.32. The summed E-state index contributed by atoms with van der Waals surface area (Å²) in [6.07, 6.45) is -4.71. The van der Waals surface area contributed by atoms with Gasteiger partial charge >= 0.3 is 18.2 Å². The van der Waals surface area contributed by atoms with E-state index in [1.807, 2.05) is 0 Å². The predicted octanol–water partition coefficient (Wildman–Crippen LogP) is 3.32. The number of nitrogens with one attached hydrogen (secondary N) is 2. The molecular formula is C13H15F3N2O3. The van der Waals surface area contributed by atoms with Gasteiger partial charge in [-0.1, -0.05) is 0 Å². The van der Waals surface area contributed by atoms with Crippen LogP contribution in [-0.2, 0) is 6.18 Å². The summed E-state index contributed by atoms with van der Waals surface area (Å²) in [5.74, 6) is -1.51. The lowest BCUT2D eigenvalue weighted by Gasteiger charge is -2.21. The normalized spacial score (nSPS) is 11.9. The molecule has 0 spiro atoms. The average Bonchev–Trinajstić information content (AvgIpc) is 2.24. The van der Waals surface area contributed by atoms with E-state index in [0.717, 1.165) is 6.07 Å². The summed E-state index contributed by atoms with van der Waals surface area (Å²) in [7, 11) is 0. The second kappa shape index (κ2) is 5.63. The van der Waals surface area contributed by atoms with Crippen molar-refractivity contribution in [2.24, 2.45) is 0 Å². The molecule has 8 heteroatoms. The van der Waals surface area contributed by atoms with E-state index < -0.39 is 34.8 Å². The zero-order chi connectivity index (χ0) is 16.4. The second-order valence-electron chi connectivity index (χ2n) is 5.43. The van der Waals surface area contributed by atoms with Gasteiger partial charge in [0.15, 0.2) is 0 Å². The Morgan fingerprint density at radius 3 is 2.10 bits per heavy atom. The van der Waals surface area contributed by atoms with Crippen LogP contribution < -0.4 is 10.6 Å². The number of anilines is 1. The van der Waals surface area contributed by atoms with Gasteiger partial charge in [0.1, 0.15) is 0 Å². The summed E-state index contributed by atoms with van der Waals surface area (Å²) >= 11 is 0. The lowest BCUT2D eigenvalue weighted by molar-refractivity contribution is -0.137. The second-order valence-corrected chi connectivity index (χ2v) is 5.43. The van der Waals surface area contributed by atoms with Gasteiger partial charge in [0, 0.05) is 11.2 Å². The van der Waals surface area contributed by atoms with E-state index in [1.165, 1.54) is 0 Å². The molecule has 0 radical (unpaired) electrons. The number of aromatic carboxylic acids is 1. The highest BCUT2D eigenvalue weighted by atomic mass is 19.4. The molecule has 0 aliphatic carbocycles. The lowest BCUT2D eigenvalue weighted by atomic mass is 10.1. The first-order chi connectivity index (χ1) is 9.38. The van der Waals surface area contributed by atoms with Crippen molar-refractivity contribution in [3.8, 4) is 0 Å². The van der Waals surface area contributed by atoms with Crippen LogP contribution in [0.4, 0.5) is 23.7 Å². The van der Waals surface area contributed by atoms with Crippen LogP contribution in [0.1, 0.15) is 36.7 Å². The third-order valence-corrected chi connectivity index (χ3v) is 2.25. The zero-order valence-electron chi connectivity index (χ0n) is 11.6. The standard InChI is InChI=1S/C13H15F3N2O3/c1-12(2,3)18-11(21)17-9-5-7(10(19)20)4-8(6-9)13(14,15)16/h4-6H,1-3H3,(H,19,20)(H2,17,18,21). The number of amides is 2. The molecule has 1 aromatic rings. The molecule has 0 bridgehead atoms. The van der Waals surface area contributed by atoms with Crippen molar-refractivity contribution in [2.75, 3.05) is 5.32 Å². The monoisotopic (exact) mass is 304 g/mol. The molecule has 0 heterocycles. The Hall–Kier alpha value is -2.25. The van der Waals surface area contributed by atoms with Crippen LogP contribution in [0.25, 0.3) is 0 Å². The Balaban J connectivity index is 3.10. The number of hydrogen-bond donors (Lipinski definition) is 3. The van der Waals surface area contributed by atoms with Gasteiger partial charge in [-0.3, -0.25) is 0 Å². The van der Waals surface area contributed by atoms with E-state index in [2.05, 4.69) is 10.6 Å². The van der Waals surface area contributed by atoms with Gasteiger partial charge in [0.2, 0.25) is 0 Å². The van der Waals surface area contributed by atoms with Crippen molar-refractivity contribution in [3.63, 3.8) is 0 Å². The number of carboxylic acid groups (broad SMARTS) is 1. The molecule has 1 rings (SSSR count). The fourth-order valence-corrected chi connectivity index (χ4v) is 1.49. The first-order valence-corrected chi connectivity index (χ1v) is 5.93. The van der Waals surface area contributed by atoms with Crippen LogP contribution >= 0.6 is 0 Å². The minimum atomic E-state index is -4.71. The Bertz CT molecular complexity index is 563. The molecule has 2 amide bonds. The summed E-state index contributed by atoms with van der Waals surface area (Å²) in [4.78, 5) is 22.5. The van der Waals surface area contributed by atoms with Crippen molar-refractivity contribution in [1.82, 2.24) is 5.32 Å². The van der Waals surface area contributed by atoms with Gasteiger partial charge in [-0.05, 0) is 39.0 Å². The molecule has 21 heavy (non-hydrogen) atoms. The Morgan fingerprint density at radius 1 is 1.10 bits per heavy atom. The summed E-state index contributed by atoms with van der Waals surface area (Å²) in [6.45, 7) is 5.09. The van der Waals surface area contributed by atoms with Crippen LogP contribution in [-0.4, -0.2) is 22.6 Å². The molecule has 0 aliphatic rings.